The Morgan fingerprint density at radius 2 is 2.08 bits per heavy atom. The van der Waals surface area contributed by atoms with Crippen LogP contribution in [0.3, 0.4) is 0 Å². The molecule has 2 aromatic rings. The van der Waals surface area contributed by atoms with E-state index in [-0.39, 0.29) is 17.8 Å². The molecule has 0 spiro atoms. The molecular formula is C16H21N7O. The number of hydrogen-bond acceptors (Lipinski definition) is 7. The summed E-state index contributed by atoms with van der Waals surface area (Å²) in [5.74, 6) is 0.216. The molecule has 0 aliphatic heterocycles. The summed E-state index contributed by atoms with van der Waals surface area (Å²) in [6, 6.07) is 3.84. The van der Waals surface area contributed by atoms with Crippen LogP contribution in [0.4, 0.5) is 17.3 Å². The number of nitrogens with two attached hydrogens (primary N) is 2. The number of hydrogen-bond donors (Lipinski definition) is 4. The smallest absolute Gasteiger partial charge is 0.271 e. The monoisotopic (exact) mass is 327 g/mol. The Labute approximate surface area is 140 Å². The Bertz CT molecular complexity index is 707. The lowest BCUT2D eigenvalue weighted by molar-refractivity contribution is 0.0996. The van der Waals surface area contributed by atoms with Gasteiger partial charge >= 0.3 is 0 Å². The fraction of sp³-hybridized carbons (Fsp3) is 0.375. The molecule has 1 aliphatic carbocycles. The molecule has 1 fully saturated rings. The van der Waals surface area contributed by atoms with E-state index in [0.717, 1.165) is 25.7 Å². The predicted octanol–water partition coefficient (Wildman–Crippen LogP) is 1.40. The SMILES string of the molecule is NC(=O)c1ncc(N[C@@H]2CCCC[C@@H]2N)nc1Nc1cccnc1. The van der Waals surface area contributed by atoms with E-state index in [2.05, 4.69) is 25.6 Å². The van der Waals surface area contributed by atoms with Crippen molar-refractivity contribution in [1.82, 2.24) is 15.0 Å². The third-order valence-electron chi connectivity index (χ3n) is 4.08. The summed E-state index contributed by atoms with van der Waals surface area (Å²) in [5.41, 5.74) is 12.3. The van der Waals surface area contributed by atoms with Gasteiger partial charge in [0.05, 0.1) is 18.1 Å². The fourth-order valence-corrected chi connectivity index (χ4v) is 2.83. The van der Waals surface area contributed by atoms with Crippen molar-refractivity contribution < 1.29 is 4.79 Å². The summed E-state index contributed by atoms with van der Waals surface area (Å²) in [4.78, 5) is 24.2. The summed E-state index contributed by atoms with van der Waals surface area (Å²) in [6.07, 6.45) is 9.07. The number of nitrogens with zero attached hydrogens (tertiary/aromatic N) is 3. The highest BCUT2D eigenvalue weighted by atomic mass is 16.1. The van der Waals surface area contributed by atoms with Crippen LogP contribution in [0.25, 0.3) is 0 Å². The van der Waals surface area contributed by atoms with Gasteiger partial charge in [0, 0.05) is 18.3 Å². The molecule has 8 nitrogen and oxygen atoms in total. The molecule has 8 heteroatoms. The molecule has 0 aromatic carbocycles. The Kier molecular flexibility index (Phi) is 4.85. The van der Waals surface area contributed by atoms with E-state index in [1.54, 1.807) is 18.5 Å². The van der Waals surface area contributed by atoms with E-state index < -0.39 is 5.91 Å². The molecular weight excluding hydrogens is 306 g/mol. The van der Waals surface area contributed by atoms with Gasteiger partial charge in [-0.25, -0.2) is 9.97 Å². The molecule has 0 radical (unpaired) electrons. The molecule has 1 saturated carbocycles. The Morgan fingerprint density at radius 3 is 2.79 bits per heavy atom. The van der Waals surface area contributed by atoms with Gasteiger partial charge in [-0.05, 0) is 25.0 Å². The molecule has 1 amide bonds. The zero-order chi connectivity index (χ0) is 16.9. The number of rotatable bonds is 5. The van der Waals surface area contributed by atoms with Crippen molar-refractivity contribution in [3.05, 3.63) is 36.4 Å². The normalized spacial score (nSPS) is 20.4. The van der Waals surface area contributed by atoms with Crippen LogP contribution in [0.1, 0.15) is 36.2 Å². The standard InChI is InChI=1S/C16H21N7O/c17-11-5-1-2-6-12(11)22-13-9-20-14(15(18)24)16(23-13)21-10-4-3-7-19-8-10/h3-4,7-9,11-12H,1-2,5-6,17H2,(H2,18,24)(H2,21,22,23)/t11-,12+/m0/s1. The number of amides is 1. The Morgan fingerprint density at radius 1 is 1.25 bits per heavy atom. The number of anilines is 3. The first-order chi connectivity index (χ1) is 11.6. The fourth-order valence-electron chi connectivity index (χ4n) is 2.83. The summed E-state index contributed by atoms with van der Waals surface area (Å²) < 4.78 is 0. The van der Waals surface area contributed by atoms with Crippen LogP contribution in [-0.2, 0) is 0 Å². The minimum atomic E-state index is -0.644. The van der Waals surface area contributed by atoms with Gasteiger partial charge in [0.15, 0.2) is 11.5 Å². The molecule has 3 rings (SSSR count). The predicted molar refractivity (Wildman–Crippen MR) is 91.9 cm³/mol. The second-order valence-electron chi connectivity index (χ2n) is 5.88. The van der Waals surface area contributed by atoms with E-state index in [0.29, 0.717) is 17.3 Å². The van der Waals surface area contributed by atoms with Gasteiger partial charge in [-0.1, -0.05) is 12.8 Å². The molecule has 0 unspecified atom stereocenters. The third kappa shape index (κ3) is 3.77. The maximum Gasteiger partial charge on any atom is 0.271 e. The van der Waals surface area contributed by atoms with E-state index in [9.17, 15) is 4.79 Å². The molecule has 2 aromatic heterocycles. The highest BCUT2D eigenvalue weighted by Crippen LogP contribution is 2.22. The van der Waals surface area contributed by atoms with Crippen LogP contribution in [0.2, 0.25) is 0 Å². The average molecular weight is 327 g/mol. The zero-order valence-electron chi connectivity index (χ0n) is 13.3. The van der Waals surface area contributed by atoms with Gasteiger partial charge in [0.1, 0.15) is 5.82 Å². The van der Waals surface area contributed by atoms with Gasteiger partial charge < -0.3 is 22.1 Å². The number of primary amides is 1. The van der Waals surface area contributed by atoms with Crippen LogP contribution in [0.5, 0.6) is 0 Å². The van der Waals surface area contributed by atoms with Crippen LogP contribution in [0.15, 0.2) is 30.7 Å². The van der Waals surface area contributed by atoms with Crippen molar-refractivity contribution in [2.45, 2.75) is 37.8 Å². The summed E-state index contributed by atoms with van der Waals surface area (Å²) in [5, 5.41) is 6.35. The van der Waals surface area contributed by atoms with Crippen molar-refractivity contribution in [3.63, 3.8) is 0 Å². The largest absolute Gasteiger partial charge is 0.364 e. The van der Waals surface area contributed by atoms with Crippen molar-refractivity contribution >= 4 is 23.2 Å². The summed E-state index contributed by atoms with van der Waals surface area (Å²) in [6.45, 7) is 0. The molecule has 2 heterocycles. The molecule has 6 N–H and O–H groups in total. The highest BCUT2D eigenvalue weighted by Gasteiger charge is 2.22. The minimum absolute atomic E-state index is 0.0809. The number of pyridine rings is 1. The van der Waals surface area contributed by atoms with Gasteiger partial charge in [0.2, 0.25) is 0 Å². The van der Waals surface area contributed by atoms with E-state index >= 15 is 0 Å². The van der Waals surface area contributed by atoms with E-state index in [1.807, 2.05) is 6.07 Å². The third-order valence-corrected chi connectivity index (χ3v) is 4.08. The van der Waals surface area contributed by atoms with Crippen molar-refractivity contribution in [2.24, 2.45) is 11.5 Å². The summed E-state index contributed by atoms with van der Waals surface area (Å²) >= 11 is 0. The molecule has 2 atom stereocenters. The van der Waals surface area contributed by atoms with Gasteiger partial charge in [0.25, 0.3) is 5.91 Å². The van der Waals surface area contributed by atoms with Crippen LogP contribution in [-0.4, -0.2) is 32.9 Å². The first kappa shape index (κ1) is 16.1. The lowest BCUT2D eigenvalue weighted by atomic mass is 9.91. The first-order valence-electron chi connectivity index (χ1n) is 7.99. The number of carbonyl (C=O) groups is 1. The van der Waals surface area contributed by atoms with Crippen LogP contribution >= 0.6 is 0 Å². The van der Waals surface area contributed by atoms with Gasteiger partial charge in [-0.3, -0.25) is 9.78 Å². The second kappa shape index (κ2) is 7.22. The Balaban J connectivity index is 1.83. The second-order valence-corrected chi connectivity index (χ2v) is 5.88. The van der Waals surface area contributed by atoms with Crippen LogP contribution in [0, 0.1) is 0 Å². The molecule has 0 saturated heterocycles. The quantitative estimate of drug-likeness (QED) is 0.652. The minimum Gasteiger partial charge on any atom is -0.364 e. The topological polar surface area (TPSA) is 132 Å². The van der Waals surface area contributed by atoms with E-state index in [4.69, 9.17) is 11.5 Å². The lowest BCUT2D eigenvalue weighted by Crippen LogP contribution is -2.42. The maximum absolute atomic E-state index is 11.6. The first-order valence-corrected chi connectivity index (χ1v) is 7.99. The highest BCUT2D eigenvalue weighted by molar-refractivity contribution is 5.96. The molecule has 1 aliphatic rings. The average Bonchev–Trinajstić information content (AvgIpc) is 2.58. The van der Waals surface area contributed by atoms with Crippen molar-refractivity contribution in [1.29, 1.82) is 0 Å². The summed E-state index contributed by atoms with van der Waals surface area (Å²) in [7, 11) is 0. The molecule has 0 bridgehead atoms. The van der Waals surface area contributed by atoms with Crippen LogP contribution < -0.4 is 22.1 Å². The van der Waals surface area contributed by atoms with Gasteiger partial charge in [-0.2, -0.15) is 0 Å². The van der Waals surface area contributed by atoms with E-state index in [1.165, 1.54) is 6.20 Å². The van der Waals surface area contributed by atoms with Crippen molar-refractivity contribution in [2.75, 3.05) is 10.6 Å². The Hall–Kier alpha value is -2.74. The molecule has 24 heavy (non-hydrogen) atoms. The van der Waals surface area contributed by atoms with Gasteiger partial charge in [-0.15, -0.1) is 0 Å². The number of nitrogens with one attached hydrogen (secondary N) is 2. The van der Waals surface area contributed by atoms with Crippen molar-refractivity contribution in [3.8, 4) is 0 Å². The maximum atomic E-state index is 11.6. The number of aromatic nitrogens is 3. The zero-order valence-corrected chi connectivity index (χ0v) is 13.3. The number of carbonyl (C=O) groups excluding carboxylic acids is 1. The molecule has 126 valence electrons. The lowest BCUT2D eigenvalue weighted by Gasteiger charge is -2.29.